The summed E-state index contributed by atoms with van der Waals surface area (Å²) >= 11 is 0. The molecule has 2 rings (SSSR count). The van der Waals surface area contributed by atoms with Crippen LogP contribution in [0.2, 0.25) is 0 Å². The molecule has 0 aliphatic carbocycles. The van der Waals surface area contributed by atoms with Crippen molar-refractivity contribution in [3.8, 4) is 0 Å². The third kappa shape index (κ3) is 5.36. The Morgan fingerprint density at radius 3 is 2.67 bits per heavy atom. The number of aromatic nitrogens is 2. The Morgan fingerprint density at radius 1 is 1.22 bits per heavy atom. The van der Waals surface area contributed by atoms with Crippen LogP contribution in [0.5, 0.6) is 0 Å². The Bertz CT molecular complexity index is 949. The predicted molar refractivity (Wildman–Crippen MR) is 102 cm³/mol. The van der Waals surface area contributed by atoms with E-state index in [0.717, 1.165) is 6.08 Å². The Kier molecular flexibility index (Phi) is 6.59. The zero-order valence-electron chi connectivity index (χ0n) is 14.4. The maximum absolute atomic E-state index is 11.8. The number of aldehydes is 2. The van der Waals surface area contributed by atoms with Crippen LogP contribution >= 0.6 is 0 Å². The van der Waals surface area contributed by atoms with Crippen LogP contribution in [0.1, 0.15) is 27.9 Å². The molecule has 1 aromatic heterocycles. The smallest absolute Gasteiger partial charge is 0.257 e. The number of hydrogen-bond acceptors (Lipinski definition) is 8. The minimum atomic E-state index is -0.680. The van der Waals surface area contributed by atoms with E-state index in [9.17, 15) is 19.2 Å². The Morgan fingerprint density at radius 2 is 2.00 bits per heavy atom. The zero-order valence-corrected chi connectivity index (χ0v) is 14.4. The highest BCUT2D eigenvalue weighted by Gasteiger charge is 2.07. The summed E-state index contributed by atoms with van der Waals surface area (Å²) in [5.41, 5.74) is 12.7. The van der Waals surface area contributed by atoms with Gasteiger partial charge in [0.2, 0.25) is 11.7 Å². The van der Waals surface area contributed by atoms with Gasteiger partial charge in [-0.2, -0.15) is 4.98 Å². The van der Waals surface area contributed by atoms with Gasteiger partial charge in [0.15, 0.2) is 12.6 Å². The Hall–Kier alpha value is -3.75. The van der Waals surface area contributed by atoms with E-state index in [4.69, 9.17) is 11.5 Å². The van der Waals surface area contributed by atoms with Crippen molar-refractivity contribution < 1.29 is 14.4 Å². The predicted octanol–water partition coefficient (Wildman–Crippen LogP) is 0.573. The first kappa shape index (κ1) is 19.6. The summed E-state index contributed by atoms with van der Waals surface area (Å²) < 4.78 is 0. The number of nitrogen functional groups attached to an aromatic ring is 2. The zero-order chi connectivity index (χ0) is 19.8. The normalized spacial score (nSPS) is 10.7. The van der Waals surface area contributed by atoms with E-state index >= 15 is 0 Å². The fraction of sp³-hybridized carbons (Fsp3) is 0.167. The SMILES string of the molecule is Nc1nc(N)c(CCCNc2ccc(C=CC(=O)C=O)c(C=O)c2)c(=O)[nH]1. The summed E-state index contributed by atoms with van der Waals surface area (Å²) in [5, 5.41) is 3.14. The quantitative estimate of drug-likeness (QED) is 0.216. The Balaban J connectivity index is 1.97. The van der Waals surface area contributed by atoms with E-state index < -0.39 is 5.78 Å². The van der Waals surface area contributed by atoms with Crippen molar-refractivity contribution in [1.29, 1.82) is 0 Å². The van der Waals surface area contributed by atoms with E-state index in [1.165, 1.54) is 6.08 Å². The molecule has 27 heavy (non-hydrogen) atoms. The lowest BCUT2D eigenvalue weighted by Gasteiger charge is -2.09. The molecule has 0 unspecified atom stereocenters. The van der Waals surface area contributed by atoms with Crippen LogP contribution in [0.15, 0.2) is 29.1 Å². The number of anilines is 3. The third-order valence-corrected chi connectivity index (χ3v) is 3.76. The molecule has 2 aromatic rings. The summed E-state index contributed by atoms with van der Waals surface area (Å²) in [6, 6.07) is 5.03. The standard InChI is InChI=1S/C18H19N5O4/c19-16-15(17(27)23-18(20)22-16)2-1-7-21-13-5-3-11(12(8-13)9-24)4-6-14(26)10-25/h3-6,8-10,21H,1-2,7H2,(H5,19,20,22,23,27). The molecule has 9 heteroatoms. The average Bonchev–Trinajstić information content (AvgIpc) is 2.64. The second-order valence-electron chi connectivity index (χ2n) is 5.66. The van der Waals surface area contributed by atoms with E-state index in [0.29, 0.717) is 48.1 Å². The molecule has 1 heterocycles. The molecule has 140 valence electrons. The molecule has 0 amide bonds. The van der Waals surface area contributed by atoms with Crippen LogP contribution < -0.4 is 22.3 Å². The highest BCUT2D eigenvalue weighted by molar-refractivity contribution is 6.31. The summed E-state index contributed by atoms with van der Waals surface area (Å²) in [4.78, 5) is 50.6. The molecule has 0 saturated heterocycles. The fourth-order valence-electron chi connectivity index (χ4n) is 2.42. The minimum Gasteiger partial charge on any atom is -0.385 e. The van der Waals surface area contributed by atoms with Gasteiger partial charge in [0.1, 0.15) is 5.82 Å². The minimum absolute atomic E-state index is 0.0234. The lowest BCUT2D eigenvalue weighted by atomic mass is 10.1. The van der Waals surface area contributed by atoms with Gasteiger partial charge >= 0.3 is 0 Å². The number of nitrogens with zero attached hydrogens (tertiary/aromatic N) is 1. The van der Waals surface area contributed by atoms with Gasteiger partial charge in [-0.1, -0.05) is 12.1 Å². The average molecular weight is 369 g/mol. The molecule has 0 atom stereocenters. The number of hydrogen-bond donors (Lipinski definition) is 4. The molecule has 0 spiro atoms. The number of benzene rings is 1. The number of carbonyl (C=O) groups is 3. The van der Waals surface area contributed by atoms with Crippen LogP contribution in [-0.4, -0.2) is 34.9 Å². The van der Waals surface area contributed by atoms with Gasteiger partial charge in [-0.05, 0) is 36.6 Å². The molecule has 0 aliphatic rings. The van der Waals surface area contributed by atoms with Gasteiger partial charge in [0, 0.05) is 17.8 Å². The monoisotopic (exact) mass is 369 g/mol. The van der Waals surface area contributed by atoms with E-state index in [1.807, 2.05) is 0 Å². The number of nitrogens with one attached hydrogen (secondary N) is 2. The number of H-pyrrole nitrogens is 1. The lowest BCUT2D eigenvalue weighted by Crippen LogP contribution is -2.20. The Labute approximate surface area is 154 Å². The van der Waals surface area contributed by atoms with Gasteiger partial charge in [-0.15, -0.1) is 0 Å². The van der Waals surface area contributed by atoms with Crippen molar-refractivity contribution in [3.63, 3.8) is 0 Å². The largest absolute Gasteiger partial charge is 0.385 e. The molecule has 9 nitrogen and oxygen atoms in total. The van der Waals surface area contributed by atoms with Crippen LogP contribution in [-0.2, 0) is 16.0 Å². The van der Waals surface area contributed by atoms with Crippen molar-refractivity contribution in [2.75, 3.05) is 23.3 Å². The van der Waals surface area contributed by atoms with Gasteiger partial charge < -0.3 is 16.8 Å². The van der Waals surface area contributed by atoms with Gasteiger partial charge in [-0.25, -0.2) is 0 Å². The second kappa shape index (κ2) is 9.09. The summed E-state index contributed by atoms with van der Waals surface area (Å²) in [7, 11) is 0. The summed E-state index contributed by atoms with van der Waals surface area (Å²) in [6.07, 6.45) is 4.39. The highest BCUT2D eigenvalue weighted by Crippen LogP contribution is 2.16. The van der Waals surface area contributed by atoms with Crippen LogP contribution in [0, 0.1) is 0 Å². The van der Waals surface area contributed by atoms with Crippen molar-refractivity contribution in [1.82, 2.24) is 9.97 Å². The summed E-state index contributed by atoms with van der Waals surface area (Å²) in [6.45, 7) is 0.528. The maximum atomic E-state index is 11.8. The molecule has 0 aliphatic heterocycles. The molecular formula is C18H19N5O4. The van der Waals surface area contributed by atoms with Crippen LogP contribution in [0.25, 0.3) is 6.08 Å². The number of allylic oxidation sites excluding steroid dienone is 1. The third-order valence-electron chi connectivity index (χ3n) is 3.76. The number of aromatic amines is 1. The van der Waals surface area contributed by atoms with Crippen LogP contribution in [0.4, 0.5) is 17.5 Å². The first-order valence-electron chi connectivity index (χ1n) is 8.09. The van der Waals surface area contributed by atoms with Crippen LogP contribution in [0.3, 0.4) is 0 Å². The first-order chi connectivity index (χ1) is 12.9. The highest BCUT2D eigenvalue weighted by atomic mass is 16.2. The number of carbonyl (C=O) groups excluding carboxylic acids is 3. The first-order valence-corrected chi connectivity index (χ1v) is 8.09. The van der Waals surface area contributed by atoms with Crippen molar-refractivity contribution >= 4 is 41.9 Å². The van der Waals surface area contributed by atoms with Crippen molar-refractivity contribution in [2.45, 2.75) is 12.8 Å². The van der Waals surface area contributed by atoms with E-state index in [2.05, 4.69) is 15.3 Å². The number of nitrogens with two attached hydrogens (primary N) is 2. The van der Waals surface area contributed by atoms with E-state index in [1.54, 1.807) is 18.2 Å². The van der Waals surface area contributed by atoms with Gasteiger partial charge in [-0.3, -0.25) is 24.2 Å². The molecule has 1 aromatic carbocycles. The van der Waals surface area contributed by atoms with Crippen molar-refractivity contribution in [2.24, 2.45) is 0 Å². The van der Waals surface area contributed by atoms with Crippen molar-refractivity contribution in [3.05, 3.63) is 51.3 Å². The molecule has 6 N–H and O–H groups in total. The maximum Gasteiger partial charge on any atom is 0.257 e. The molecular weight excluding hydrogens is 350 g/mol. The number of rotatable bonds is 9. The fourth-order valence-corrected chi connectivity index (χ4v) is 2.42. The molecule has 0 radical (unpaired) electrons. The molecule has 0 fully saturated rings. The van der Waals surface area contributed by atoms with E-state index in [-0.39, 0.29) is 23.6 Å². The van der Waals surface area contributed by atoms with Gasteiger partial charge in [0.25, 0.3) is 5.56 Å². The molecule has 0 bridgehead atoms. The number of ketones is 1. The topological polar surface area (TPSA) is 161 Å². The lowest BCUT2D eigenvalue weighted by molar-refractivity contribution is -0.126. The molecule has 0 saturated carbocycles. The summed E-state index contributed by atoms with van der Waals surface area (Å²) in [5.74, 6) is -0.592. The second-order valence-corrected chi connectivity index (χ2v) is 5.66. The van der Waals surface area contributed by atoms with Gasteiger partial charge in [0.05, 0.1) is 5.56 Å².